The fourth-order valence-corrected chi connectivity index (χ4v) is 2.36. The molecule has 0 fully saturated rings. The lowest BCUT2D eigenvalue weighted by Crippen LogP contribution is -1.94. The molecule has 23 heavy (non-hydrogen) atoms. The summed E-state index contributed by atoms with van der Waals surface area (Å²) in [6, 6.07) is 14.1. The van der Waals surface area contributed by atoms with Crippen LogP contribution < -0.4 is 0 Å². The van der Waals surface area contributed by atoms with Crippen molar-refractivity contribution in [2.24, 2.45) is 0 Å². The number of hydrogen-bond donors (Lipinski definition) is 1. The lowest BCUT2D eigenvalue weighted by Gasteiger charge is -2.01. The molecule has 2 heterocycles. The summed E-state index contributed by atoms with van der Waals surface area (Å²) >= 11 is 0. The molecular weight excluding hydrogens is 294 g/mol. The molecule has 0 aliphatic carbocycles. The molecule has 0 radical (unpaired) electrons. The Morgan fingerprint density at radius 2 is 1.96 bits per heavy atom. The lowest BCUT2D eigenvalue weighted by molar-refractivity contribution is 0.0697. The maximum atomic E-state index is 11.0. The molecule has 112 valence electrons. The minimum atomic E-state index is -0.986. The van der Waals surface area contributed by atoms with Crippen molar-refractivity contribution in [3.05, 3.63) is 66.5 Å². The van der Waals surface area contributed by atoms with Crippen molar-refractivity contribution in [2.75, 3.05) is 0 Å². The highest BCUT2D eigenvalue weighted by Crippen LogP contribution is 2.25. The van der Waals surface area contributed by atoms with Gasteiger partial charge in [-0.2, -0.15) is 5.10 Å². The summed E-state index contributed by atoms with van der Waals surface area (Å²) < 4.78 is 7.45. The number of carboxylic acid groups (broad SMARTS) is 1. The Morgan fingerprint density at radius 3 is 2.65 bits per heavy atom. The quantitative estimate of drug-likeness (QED) is 0.627. The number of benzene rings is 2. The van der Waals surface area contributed by atoms with E-state index in [1.54, 1.807) is 16.9 Å². The van der Waals surface area contributed by atoms with Crippen LogP contribution in [0.1, 0.15) is 10.4 Å². The molecule has 0 saturated heterocycles. The average Bonchev–Trinajstić information content (AvgIpc) is 3.23. The van der Waals surface area contributed by atoms with Crippen LogP contribution in [0.4, 0.5) is 0 Å². The van der Waals surface area contributed by atoms with E-state index >= 15 is 0 Å². The van der Waals surface area contributed by atoms with Crippen LogP contribution in [0.2, 0.25) is 0 Å². The van der Waals surface area contributed by atoms with E-state index in [9.17, 15) is 4.79 Å². The topological polar surface area (TPSA) is 81.1 Å². The molecule has 1 N–H and O–H groups in total. The summed E-state index contributed by atoms with van der Waals surface area (Å²) in [6.07, 6.45) is 3.58. The highest BCUT2D eigenvalue weighted by Gasteiger charge is 2.11. The number of aromatic carboxylic acids is 1. The van der Waals surface area contributed by atoms with Gasteiger partial charge in [0.2, 0.25) is 5.89 Å². The van der Waals surface area contributed by atoms with E-state index in [-0.39, 0.29) is 5.56 Å². The second kappa shape index (κ2) is 5.10. The van der Waals surface area contributed by atoms with Crippen LogP contribution in [0.3, 0.4) is 0 Å². The van der Waals surface area contributed by atoms with Gasteiger partial charge in [0.25, 0.3) is 0 Å². The van der Waals surface area contributed by atoms with Crippen LogP contribution in [0.15, 0.2) is 65.3 Å². The fraction of sp³-hybridized carbons (Fsp3) is 0. The number of aromatic nitrogens is 3. The van der Waals surface area contributed by atoms with E-state index in [1.165, 1.54) is 12.1 Å². The van der Waals surface area contributed by atoms with Crippen molar-refractivity contribution >= 4 is 17.1 Å². The van der Waals surface area contributed by atoms with Crippen LogP contribution in [-0.2, 0) is 0 Å². The van der Waals surface area contributed by atoms with Crippen molar-refractivity contribution in [3.8, 4) is 17.1 Å². The third-order valence-corrected chi connectivity index (χ3v) is 3.52. The van der Waals surface area contributed by atoms with Crippen molar-refractivity contribution in [1.82, 2.24) is 14.8 Å². The molecule has 2 aromatic carbocycles. The molecule has 2 aromatic heterocycles. The first-order valence-electron chi connectivity index (χ1n) is 6.95. The normalized spacial score (nSPS) is 11.0. The summed E-state index contributed by atoms with van der Waals surface area (Å²) in [4.78, 5) is 15.4. The molecule has 0 aliphatic heterocycles. The van der Waals surface area contributed by atoms with Gasteiger partial charge < -0.3 is 9.52 Å². The zero-order valence-corrected chi connectivity index (χ0v) is 11.9. The standard InChI is InChI=1S/C17H11N3O3/c21-17(22)12-4-7-15-14(10-12)19-16(23-15)11-2-5-13(6-3-11)20-9-1-8-18-20/h1-10H,(H,21,22). The first kappa shape index (κ1) is 13.3. The Balaban J connectivity index is 1.72. The van der Waals surface area contributed by atoms with Gasteiger partial charge in [0.1, 0.15) is 5.52 Å². The van der Waals surface area contributed by atoms with E-state index < -0.39 is 5.97 Å². The number of fused-ring (bicyclic) bond motifs is 1. The Labute approximate surface area is 130 Å². The summed E-state index contributed by atoms with van der Waals surface area (Å²) in [5, 5.41) is 13.2. The lowest BCUT2D eigenvalue weighted by atomic mass is 10.2. The molecule has 0 unspecified atom stereocenters. The van der Waals surface area contributed by atoms with Gasteiger partial charge >= 0.3 is 5.97 Å². The predicted octanol–water partition coefficient (Wildman–Crippen LogP) is 3.38. The van der Waals surface area contributed by atoms with Gasteiger partial charge in [-0.3, -0.25) is 0 Å². The predicted molar refractivity (Wildman–Crippen MR) is 83.5 cm³/mol. The Hall–Kier alpha value is -3.41. The number of carbonyl (C=O) groups is 1. The average molecular weight is 305 g/mol. The molecule has 0 amide bonds. The van der Waals surface area contributed by atoms with Gasteiger partial charge in [0.05, 0.1) is 11.3 Å². The van der Waals surface area contributed by atoms with E-state index in [2.05, 4.69) is 10.1 Å². The summed E-state index contributed by atoms with van der Waals surface area (Å²) in [7, 11) is 0. The second-order valence-corrected chi connectivity index (χ2v) is 5.00. The smallest absolute Gasteiger partial charge is 0.335 e. The molecule has 6 nitrogen and oxygen atoms in total. The minimum Gasteiger partial charge on any atom is -0.478 e. The maximum Gasteiger partial charge on any atom is 0.335 e. The van der Waals surface area contributed by atoms with Crippen LogP contribution >= 0.6 is 0 Å². The molecule has 4 aromatic rings. The molecule has 0 atom stereocenters. The van der Waals surface area contributed by atoms with Gasteiger partial charge in [-0.15, -0.1) is 0 Å². The number of rotatable bonds is 3. The number of carboxylic acids is 1. The Bertz CT molecular complexity index is 986. The minimum absolute atomic E-state index is 0.186. The molecule has 4 rings (SSSR count). The first-order valence-corrected chi connectivity index (χ1v) is 6.95. The number of oxazole rings is 1. The van der Waals surface area contributed by atoms with E-state index in [1.807, 2.05) is 36.5 Å². The molecule has 0 spiro atoms. The first-order chi connectivity index (χ1) is 11.2. The van der Waals surface area contributed by atoms with Crippen LogP contribution in [-0.4, -0.2) is 25.8 Å². The molecule has 0 saturated carbocycles. The van der Waals surface area contributed by atoms with E-state index in [4.69, 9.17) is 9.52 Å². The molecular formula is C17H11N3O3. The fourth-order valence-electron chi connectivity index (χ4n) is 2.36. The SMILES string of the molecule is O=C(O)c1ccc2oc(-c3ccc(-n4cccn4)cc3)nc2c1. The summed E-state index contributed by atoms with van der Waals surface area (Å²) in [6.45, 7) is 0. The maximum absolute atomic E-state index is 11.0. The Morgan fingerprint density at radius 1 is 1.13 bits per heavy atom. The second-order valence-electron chi connectivity index (χ2n) is 5.00. The van der Waals surface area contributed by atoms with E-state index in [0.29, 0.717) is 17.0 Å². The third kappa shape index (κ3) is 2.36. The van der Waals surface area contributed by atoms with Crippen molar-refractivity contribution in [3.63, 3.8) is 0 Å². The Kier molecular flexibility index (Phi) is 2.94. The van der Waals surface area contributed by atoms with Crippen molar-refractivity contribution < 1.29 is 14.3 Å². The zero-order chi connectivity index (χ0) is 15.8. The zero-order valence-electron chi connectivity index (χ0n) is 11.9. The van der Waals surface area contributed by atoms with Gasteiger partial charge in [-0.25, -0.2) is 14.5 Å². The van der Waals surface area contributed by atoms with E-state index in [0.717, 1.165) is 11.3 Å². The van der Waals surface area contributed by atoms with Gasteiger partial charge in [-0.05, 0) is 48.5 Å². The molecule has 0 aliphatic rings. The number of nitrogens with zero attached hydrogens (tertiary/aromatic N) is 3. The van der Waals surface area contributed by atoms with Crippen molar-refractivity contribution in [1.29, 1.82) is 0 Å². The number of hydrogen-bond acceptors (Lipinski definition) is 4. The highest BCUT2D eigenvalue weighted by molar-refractivity contribution is 5.92. The molecule has 0 bridgehead atoms. The monoisotopic (exact) mass is 305 g/mol. The summed E-state index contributed by atoms with van der Waals surface area (Å²) in [5.41, 5.74) is 3.01. The third-order valence-electron chi connectivity index (χ3n) is 3.52. The van der Waals surface area contributed by atoms with Crippen LogP contribution in [0.5, 0.6) is 0 Å². The van der Waals surface area contributed by atoms with Crippen LogP contribution in [0, 0.1) is 0 Å². The van der Waals surface area contributed by atoms with Gasteiger partial charge in [0.15, 0.2) is 5.58 Å². The summed E-state index contributed by atoms with van der Waals surface area (Å²) in [5.74, 6) is -0.533. The van der Waals surface area contributed by atoms with Gasteiger partial charge in [0, 0.05) is 18.0 Å². The largest absolute Gasteiger partial charge is 0.478 e. The van der Waals surface area contributed by atoms with Crippen molar-refractivity contribution in [2.45, 2.75) is 0 Å². The molecule has 6 heteroatoms. The van der Waals surface area contributed by atoms with Gasteiger partial charge in [-0.1, -0.05) is 0 Å². The van der Waals surface area contributed by atoms with Crippen LogP contribution in [0.25, 0.3) is 28.2 Å². The highest BCUT2D eigenvalue weighted by atomic mass is 16.4.